The molecule has 1 saturated heterocycles. The highest BCUT2D eigenvalue weighted by atomic mass is 16.3. The van der Waals surface area contributed by atoms with Gasteiger partial charge in [-0.1, -0.05) is 37.3 Å². The number of piperidine rings is 1. The van der Waals surface area contributed by atoms with Gasteiger partial charge >= 0.3 is 0 Å². The maximum absolute atomic E-state index is 10.6. The highest BCUT2D eigenvalue weighted by Gasteiger charge is 2.30. The van der Waals surface area contributed by atoms with Gasteiger partial charge in [-0.15, -0.1) is 0 Å². The first-order valence-electron chi connectivity index (χ1n) is 7.59. The highest BCUT2D eigenvalue weighted by Crippen LogP contribution is 2.29. The molecule has 2 N–H and O–H groups in total. The SMILES string of the molecule is CN1CCC(C)(CNCC(C)(O)c2ccccc2)CC1. The van der Waals surface area contributed by atoms with Gasteiger partial charge in [0.05, 0.1) is 5.60 Å². The van der Waals surface area contributed by atoms with E-state index in [0.717, 1.165) is 12.1 Å². The normalized spacial score (nSPS) is 22.4. The fourth-order valence-corrected chi connectivity index (χ4v) is 2.84. The van der Waals surface area contributed by atoms with E-state index in [1.807, 2.05) is 37.3 Å². The van der Waals surface area contributed by atoms with Crippen molar-refractivity contribution in [3.8, 4) is 0 Å². The van der Waals surface area contributed by atoms with Gasteiger partial charge in [-0.25, -0.2) is 0 Å². The Labute approximate surface area is 123 Å². The van der Waals surface area contributed by atoms with E-state index >= 15 is 0 Å². The van der Waals surface area contributed by atoms with Gasteiger partial charge in [0.25, 0.3) is 0 Å². The number of rotatable bonds is 5. The minimum absolute atomic E-state index is 0.360. The Bertz CT molecular complexity index is 408. The Kier molecular flexibility index (Phi) is 4.84. The third kappa shape index (κ3) is 4.05. The molecule has 1 aromatic rings. The van der Waals surface area contributed by atoms with Gasteiger partial charge in [0, 0.05) is 13.1 Å². The molecule has 1 atom stereocenters. The molecule has 1 fully saturated rings. The lowest BCUT2D eigenvalue weighted by molar-refractivity contribution is 0.0500. The molecule has 3 heteroatoms. The molecule has 3 nitrogen and oxygen atoms in total. The summed E-state index contributed by atoms with van der Waals surface area (Å²) in [5.74, 6) is 0. The van der Waals surface area contributed by atoms with Crippen molar-refractivity contribution in [1.82, 2.24) is 10.2 Å². The minimum atomic E-state index is -0.803. The van der Waals surface area contributed by atoms with Crippen molar-refractivity contribution in [3.63, 3.8) is 0 Å². The van der Waals surface area contributed by atoms with Crippen LogP contribution in [0.5, 0.6) is 0 Å². The lowest BCUT2D eigenvalue weighted by Gasteiger charge is -2.38. The van der Waals surface area contributed by atoms with Crippen LogP contribution in [0.15, 0.2) is 30.3 Å². The molecule has 0 amide bonds. The molecule has 1 heterocycles. The average molecular weight is 276 g/mol. The van der Waals surface area contributed by atoms with Crippen molar-refractivity contribution in [3.05, 3.63) is 35.9 Å². The summed E-state index contributed by atoms with van der Waals surface area (Å²) in [6, 6.07) is 9.90. The van der Waals surface area contributed by atoms with Crippen molar-refractivity contribution in [2.24, 2.45) is 5.41 Å². The van der Waals surface area contributed by atoms with Crippen LogP contribution < -0.4 is 5.32 Å². The van der Waals surface area contributed by atoms with E-state index in [2.05, 4.69) is 24.2 Å². The standard InChI is InChI=1S/C17H28N2O/c1-16(9-11-19(3)12-10-16)13-18-14-17(2,20)15-7-5-4-6-8-15/h4-8,18,20H,9-14H2,1-3H3. The third-order valence-corrected chi connectivity index (χ3v) is 4.61. The molecule has 0 radical (unpaired) electrons. The summed E-state index contributed by atoms with van der Waals surface area (Å²) in [6.45, 7) is 8.16. The second-order valence-electron chi connectivity index (χ2n) is 6.86. The summed E-state index contributed by atoms with van der Waals surface area (Å²) in [6.07, 6.45) is 2.45. The van der Waals surface area contributed by atoms with Crippen molar-refractivity contribution >= 4 is 0 Å². The molecular weight excluding hydrogens is 248 g/mol. The Morgan fingerprint density at radius 1 is 1.25 bits per heavy atom. The second kappa shape index (κ2) is 6.25. The van der Waals surface area contributed by atoms with Gasteiger partial charge < -0.3 is 15.3 Å². The van der Waals surface area contributed by atoms with Crippen LogP contribution in [-0.4, -0.2) is 43.2 Å². The average Bonchev–Trinajstić information content (AvgIpc) is 2.43. The smallest absolute Gasteiger partial charge is 0.0992 e. The predicted octanol–water partition coefficient (Wildman–Crippen LogP) is 2.22. The van der Waals surface area contributed by atoms with E-state index in [1.54, 1.807) is 0 Å². The molecular formula is C17H28N2O. The Morgan fingerprint density at radius 2 is 1.85 bits per heavy atom. The zero-order chi connectivity index (χ0) is 14.6. The molecule has 0 saturated carbocycles. The number of benzene rings is 1. The van der Waals surface area contributed by atoms with E-state index in [9.17, 15) is 5.11 Å². The van der Waals surface area contributed by atoms with Gasteiger partial charge in [0.1, 0.15) is 0 Å². The predicted molar refractivity (Wildman–Crippen MR) is 83.7 cm³/mol. The van der Waals surface area contributed by atoms with Crippen molar-refractivity contribution in [2.45, 2.75) is 32.3 Å². The number of nitrogens with one attached hydrogen (secondary N) is 1. The van der Waals surface area contributed by atoms with Crippen molar-refractivity contribution in [2.75, 3.05) is 33.2 Å². The zero-order valence-electron chi connectivity index (χ0n) is 13.0. The first-order chi connectivity index (χ1) is 9.41. The van der Waals surface area contributed by atoms with Gasteiger partial charge in [-0.05, 0) is 50.9 Å². The first kappa shape index (κ1) is 15.5. The summed E-state index contributed by atoms with van der Waals surface area (Å²) < 4.78 is 0. The maximum atomic E-state index is 10.6. The van der Waals surface area contributed by atoms with Crippen LogP contribution in [0.25, 0.3) is 0 Å². The van der Waals surface area contributed by atoms with Crippen LogP contribution in [0.4, 0.5) is 0 Å². The van der Waals surface area contributed by atoms with E-state index in [0.29, 0.717) is 12.0 Å². The maximum Gasteiger partial charge on any atom is 0.0992 e. The fraction of sp³-hybridized carbons (Fsp3) is 0.647. The fourth-order valence-electron chi connectivity index (χ4n) is 2.84. The highest BCUT2D eigenvalue weighted by molar-refractivity contribution is 5.21. The summed E-state index contributed by atoms with van der Waals surface area (Å²) in [4.78, 5) is 2.39. The van der Waals surface area contributed by atoms with Gasteiger partial charge in [0.15, 0.2) is 0 Å². The van der Waals surface area contributed by atoms with Crippen LogP contribution in [0.2, 0.25) is 0 Å². The monoisotopic (exact) mass is 276 g/mol. The van der Waals surface area contributed by atoms with Gasteiger partial charge in [-0.3, -0.25) is 0 Å². The van der Waals surface area contributed by atoms with Crippen LogP contribution in [-0.2, 0) is 5.60 Å². The molecule has 1 unspecified atom stereocenters. The number of hydrogen-bond donors (Lipinski definition) is 2. The molecule has 1 aromatic carbocycles. The molecule has 2 rings (SSSR count). The van der Waals surface area contributed by atoms with Gasteiger partial charge in [-0.2, -0.15) is 0 Å². The molecule has 112 valence electrons. The third-order valence-electron chi connectivity index (χ3n) is 4.61. The molecule has 0 aromatic heterocycles. The van der Waals surface area contributed by atoms with E-state index in [-0.39, 0.29) is 0 Å². The molecule has 20 heavy (non-hydrogen) atoms. The Hall–Kier alpha value is -0.900. The van der Waals surface area contributed by atoms with Gasteiger partial charge in [0.2, 0.25) is 0 Å². The van der Waals surface area contributed by atoms with Crippen molar-refractivity contribution in [1.29, 1.82) is 0 Å². The summed E-state index contributed by atoms with van der Waals surface area (Å²) in [5.41, 5.74) is 0.531. The van der Waals surface area contributed by atoms with E-state index < -0.39 is 5.60 Å². The zero-order valence-corrected chi connectivity index (χ0v) is 13.0. The minimum Gasteiger partial charge on any atom is -0.384 e. The summed E-state index contributed by atoms with van der Waals surface area (Å²) in [5, 5.41) is 14.1. The van der Waals surface area contributed by atoms with Crippen LogP contribution in [0.3, 0.4) is 0 Å². The van der Waals surface area contributed by atoms with E-state index in [1.165, 1.54) is 25.9 Å². The number of nitrogens with zero attached hydrogens (tertiary/aromatic N) is 1. The first-order valence-corrected chi connectivity index (χ1v) is 7.59. The summed E-state index contributed by atoms with van der Waals surface area (Å²) >= 11 is 0. The lowest BCUT2D eigenvalue weighted by Crippen LogP contribution is -2.45. The largest absolute Gasteiger partial charge is 0.384 e. The quantitative estimate of drug-likeness (QED) is 0.865. The second-order valence-corrected chi connectivity index (χ2v) is 6.86. The van der Waals surface area contributed by atoms with Crippen LogP contribution >= 0.6 is 0 Å². The molecule has 0 spiro atoms. The molecule has 0 bridgehead atoms. The lowest BCUT2D eigenvalue weighted by atomic mass is 9.80. The summed E-state index contributed by atoms with van der Waals surface area (Å²) in [7, 11) is 2.19. The van der Waals surface area contributed by atoms with E-state index in [4.69, 9.17) is 0 Å². The molecule has 0 aliphatic carbocycles. The number of aliphatic hydroxyl groups is 1. The molecule has 1 aliphatic rings. The number of likely N-dealkylation sites (tertiary alicyclic amines) is 1. The molecule has 1 aliphatic heterocycles. The Morgan fingerprint density at radius 3 is 2.45 bits per heavy atom. The topological polar surface area (TPSA) is 35.5 Å². The van der Waals surface area contributed by atoms with Crippen LogP contribution in [0, 0.1) is 5.41 Å². The van der Waals surface area contributed by atoms with Crippen LogP contribution in [0.1, 0.15) is 32.3 Å². The Balaban J connectivity index is 1.83. The van der Waals surface area contributed by atoms with Crippen molar-refractivity contribution < 1.29 is 5.11 Å². The number of hydrogen-bond acceptors (Lipinski definition) is 3.